The van der Waals surface area contributed by atoms with Crippen LogP contribution in [0.4, 0.5) is 8.78 Å². The zero-order chi connectivity index (χ0) is 12.3. The number of halogens is 2. The van der Waals surface area contributed by atoms with Gasteiger partial charge in [-0.25, -0.2) is 8.78 Å². The largest absolute Gasteiger partial charge is 0.396 e. The van der Waals surface area contributed by atoms with Gasteiger partial charge in [0.05, 0.1) is 0 Å². The van der Waals surface area contributed by atoms with Crippen molar-refractivity contribution < 1.29 is 13.9 Å². The predicted molar refractivity (Wildman–Crippen MR) is 61.4 cm³/mol. The van der Waals surface area contributed by atoms with Crippen molar-refractivity contribution >= 4 is 0 Å². The van der Waals surface area contributed by atoms with Gasteiger partial charge < -0.3 is 5.11 Å². The molecule has 1 N–H and O–H groups in total. The molecule has 1 heterocycles. The number of nitrogens with zero attached hydrogens (tertiary/aromatic N) is 1. The Labute approximate surface area is 99.9 Å². The molecule has 0 radical (unpaired) electrons. The van der Waals surface area contributed by atoms with Crippen LogP contribution in [-0.4, -0.2) is 29.7 Å². The maximum Gasteiger partial charge on any atom is 0.159 e. The molecule has 0 bridgehead atoms. The highest BCUT2D eigenvalue weighted by molar-refractivity contribution is 5.17. The summed E-state index contributed by atoms with van der Waals surface area (Å²) in [6.07, 6.45) is 1.90. The highest BCUT2D eigenvalue weighted by atomic mass is 19.2. The molecule has 0 aliphatic carbocycles. The van der Waals surface area contributed by atoms with Gasteiger partial charge in [0, 0.05) is 19.7 Å². The van der Waals surface area contributed by atoms with Crippen molar-refractivity contribution in [3.8, 4) is 0 Å². The van der Waals surface area contributed by atoms with Crippen molar-refractivity contribution in [2.24, 2.45) is 5.92 Å². The Balaban J connectivity index is 1.91. The molecule has 17 heavy (non-hydrogen) atoms. The highest BCUT2D eigenvalue weighted by Gasteiger charge is 2.21. The minimum absolute atomic E-state index is 0.226. The zero-order valence-electron chi connectivity index (χ0n) is 9.70. The monoisotopic (exact) mass is 241 g/mol. The molecule has 94 valence electrons. The van der Waals surface area contributed by atoms with Crippen molar-refractivity contribution in [2.75, 3.05) is 19.7 Å². The normalized spacial score (nSPS) is 21.0. The highest BCUT2D eigenvalue weighted by Crippen LogP contribution is 2.21. The standard InChI is InChI=1S/C13H17F2NO/c14-12-2-1-11(7-13(12)15)9-16-5-3-10(8-16)4-6-17/h1-2,7,10,17H,3-6,8-9H2. The second kappa shape index (κ2) is 5.56. The summed E-state index contributed by atoms with van der Waals surface area (Å²) < 4.78 is 25.8. The molecule has 0 saturated carbocycles. The van der Waals surface area contributed by atoms with Gasteiger partial charge in [-0.05, 0) is 43.0 Å². The zero-order valence-corrected chi connectivity index (χ0v) is 9.70. The predicted octanol–water partition coefficient (Wildman–Crippen LogP) is 2.17. The molecule has 1 aliphatic heterocycles. The number of hydrogen-bond donors (Lipinski definition) is 1. The molecule has 2 rings (SSSR count). The lowest BCUT2D eigenvalue weighted by Crippen LogP contribution is -2.20. The van der Waals surface area contributed by atoms with Gasteiger partial charge in [-0.1, -0.05) is 6.07 Å². The van der Waals surface area contributed by atoms with Crippen LogP contribution in [-0.2, 0) is 6.54 Å². The van der Waals surface area contributed by atoms with E-state index < -0.39 is 11.6 Å². The Bertz CT molecular complexity index is 384. The van der Waals surface area contributed by atoms with Crippen molar-refractivity contribution in [2.45, 2.75) is 19.4 Å². The molecule has 1 fully saturated rings. The van der Waals surface area contributed by atoms with E-state index in [9.17, 15) is 8.78 Å². The van der Waals surface area contributed by atoms with E-state index >= 15 is 0 Å². The van der Waals surface area contributed by atoms with Gasteiger partial charge in [0.1, 0.15) is 0 Å². The van der Waals surface area contributed by atoms with Gasteiger partial charge in [0.15, 0.2) is 11.6 Å². The quantitative estimate of drug-likeness (QED) is 0.873. The van der Waals surface area contributed by atoms with Crippen LogP contribution in [0.3, 0.4) is 0 Å². The van der Waals surface area contributed by atoms with Crippen LogP contribution in [0.2, 0.25) is 0 Å². The van der Waals surface area contributed by atoms with E-state index in [-0.39, 0.29) is 6.61 Å². The maximum absolute atomic E-state index is 13.0. The van der Waals surface area contributed by atoms with Gasteiger partial charge >= 0.3 is 0 Å². The van der Waals surface area contributed by atoms with E-state index in [0.717, 1.165) is 31.5 Å². The van der Waals surface area contributed by atoms with E-state index in [4.69, 9.17) is 5.11 Å². The molecule has 2 nitrogen and oxygen atoms in total. The fourth-order valence-corrected chi connectivity index (χ4v) is 2.37. The van der Waals surface area contributed by atoms with Crippen LogP contribution in [0.25, 0.3) is 0 Å². The first-order valence-electron chi connectivity index (χ1n) is 5.96. The second-order valence-electron chi connectivity index (χ2n) is 4.65. The van der Waals surface area contributed by atoms with Gasteiger partial charge in [0.2, 0.25) is 0 Å². The number of aliphatic hydroxyl groups is 1. The lowest BCUT2D eigenvalue weighted by Gasteiger charge is -2.15. The molecular formula is C13H17F2NO. The summed E-state index contributed by atoms with van der Waals surface area (Å²) >= 11 is 0. The van der Waals surface area contributed by atoms with Gasteiger partial charge in [0.25, 0.3) is 0 Å². The first-order chi connectivity index (χ1) is 8.19. The number of aliphatic hydroxyl groups excluding tert-OH is 1. The Morgan fingerprint density at radius 3 is 2.82 bits per heavy atom. The third-order valence-corrected chi connectivity index (χ3v) is 3.30. The third kappa shape index (κ3) is 3.23. The average molecular weight is 241 g/mol. The number of benzene rings is 1. The van der Waals surface area contributed by atoms with Gasteiger partial charge in [-0.3, -0.25) is 4.90 Å². The van der Waals surface area contributed by atoms with E-state index in [1.54, 1.807) is 6.07 Å². The summed E-state index contributed by atoms with van der Waals surface area (Å²) in [5, 5.41) is 8.86. The Morgan fingerprint density at radius 1 is 1.29 bits per heavy atom. The lowest BCUT2D eigenvalue weighted by atomic mass is 10.1. The molecule has 4 heteroatoms. The van der Waals surface area contributed by atoms with Crippen LogP contribution >= 0.6 is 0 Å². The fourth-order valence-electron chi connectivity index (χ4n) is 2.37. The summed E-state index contributed by atoms with van der Waals surface area (Å²) in [6, 6.07) is 4.05. The first-order valence-corrected chi connectivity index (χ1v) is 5.96. The SMILES string of the molecule is OCCC1CCN(Cc2ccc(F)c(F)c2)C1. The molecule has 1 aliphatic rings. The molecule has 0 aromatic heterocycles. The average Bonchev–Trinajstić information content (AvgIpc) is 2.72. The van der Waals surface area contributed by atoms with Crippen molar-refractivity contribution in [1.29, 1.82) is 0 Å². The van der Waals surface area contributed by atoms with Crippen LogP contribution in [0.5, 0.6) is 0 Å². The van der Waals surface area contributed by atoms with Crippen molar-refractivity contribution in [1.82, 2.24) is 4.90 Å². The Morgan fingerprint density at radius 2 is 2.12 bits per heavy atom. The van der Waals surface area contributed by atoms with Crippen molar-refractivity contribution in [3.63, 3.8) is 0 Å². The molecule has 1 saturated heterocycles. The summed E-state index contributed by atoms with van der Waals surface area (Å²) in [4.78, 5) is 2.22. The van der Waals surface area contributed by atoms with Crippen LogP contribution in [0.1, 0.15) is 18.4 Å². The molecule has 0 spiro atoms. The lowest BCUT2D eigenvalue weighted by molar-refractivity contribution is 0.249. The summed E-state index contributed by atoms with van der Waals surface area (Å²) in [5.41, 5.74) is 0.800. The molecule has 0 amide bonds. The second-order valence-corrected chi connectivity index (χ2v) is 4.65. The van der Waals surface area contributed by atoms with E-state index in [1.807, 2.05) is 0 Å². The van der Waals surface area contributed by atoms with E-state index in [0.29, 0.717) is 12.5 Å². The number of hydrogen-bond acceptors (Lipinski definition) is 2. The van der Waals surface area contributed by atoms with Gasteiger partial charge in [-0.15, -0.1) is 0 Å². The van der Waals surface area contributed by atoms with Crippen LogP contribution in [0, 0.1) is 17.6 Å². The van der Waals surface area contributed by atoms with Crippen LogP contribution in [0.15, 0.2) is 18.2 Å². The summed E-state index contributed by atoms with van der Waals surface area (Å²) in [7, 11) is 0. The molecule has 1 atom stereocenters. The van der Waals surface area contributed by atoms with E-state index in [2.05, 4.69) is 4.90 Å². The Hall–Kier alpha value is -1.00. The Kier molecular flexibility index (Phi) is 4.07. The first kappa shape index (κ1) is 12.5. The fraction of sp³-hybridized carbons (Fsp3) is 0.538. The maximum atomic E-state index is 13.0. The molecule has 1 unspecified atom stereocenters. The third-order valence-electron chi connectivity index (χ3n) is 3.30. The van der Waals surface area contributed by atoms with Crippen molar-refractivity contribution in [3.05, 3.63) is 35.4 Å². The number of likely N-dealkylation sites (tertiary alicyclic amines) is 1. The van der Waals surface area contributed by atoms with Crippen LogP contribution < -0.4 is 0 Å². The topological polar surface area (TPSA) is 23.5 Å². The summed E-state index contributed by atoms with van der Waals surface area (Å²) in [6.45, 7) is 2.77. The summed E-state index contributed by atoms with van der Waals surface area (Å²) in [5.74, 6) is -1.05. The van der Waals surface area contributed by atoms with E-state index in [1.165, 1.54) is 12.1 Å². The smallest absolute Gasteiger partial charge is 0.159 e. The molecule has 1 aromatic rings. The van der Waals surface area contributed by atoms with Gasteiger partial charge in [-0.2, -0.15) is 0 Å². The minimum atomic E-state index is -0.798. The molecular weight excluding hydrogens is 224 g/mol. The minimum Gasteiger partial charge on any atom is -0.396 e. The molecule has 1 aromatic carbocycles. The number of rotatable bonds is 4.